The van der Waals surface area contributed by atoms with Crippen LogP contribution in [-0.4, -0.2) is 16.5 Å². The van der Waals surface area contributed by atoms with E-state index in [0.29, 0.717) is 17.3 Å². The van der Waals surface area contributed by atoms with Gasteiger partial charge in [0.1, 0.15) is 17.2 Å². The fourth-order valence-corrected chi connectivity index (χ4v) is 3.90. The van der Waals surface area contributed by atoms with Crippen LogP contribution in [0.25, 0.3) is 11.3 Å². The van der Waals surface area contributed by atoms with Crippen molar-refractivity contribution >= 4 is 10.8 Å². The van der Waals surface area contributed by atoms with Crippen molar-refractivity contribution in [3.8, 4) is 17.0 Å². The summed E-state index contributed by atoms with van der Waals surface area (Å²) in [5.74, 6) is 2.28. The lowest BCUT2D eigenvalue weighted by molar-refractivity contribution is 0.396. The van der Waals surface area contributed by atoms with Crippen LogP contribution in [0.1, 0.15) is 37.7 Å². The zero-order valence-electron chi connectivity index (χ0n) is 16.2. The lowest BCUT2D eigenvalue weighted by Gasteiger charge is -2.19. The third-order valence-corrected chi connectivity index (χ3v) is 5.66. The van der Waals surface area contributed by atoms with E-state index in [2.05, 4.69) is 50.2 Å². The highest BCUT2D eigenvalue weighted by Gasteiger charge is 2.14. The van der Waals surface area contributed by atoms with Crippen molar-refractivity contribution in [2.24, 2.45) is 0 Å². The number of hydrogen-bond acceptors (Lipinski definition) is 4. The summed E-state index contributed by atoms with van der Waals surface area (Å²) in [6.07, 6.45) is 0. The Morgan fingerprint density at radius 1 is 1.00 bits per heavy atom. The maximum absolute atomic E-state index is 12.5. The molecule has 4 nitrogen and oxygen atoms in total. The average Bonchev–Trinajstić information content (AvgIpc) is 3.09. The summed E-state index contributed by atoms with van der Waals surface area (Å²) in [6, 6.07) is 17.8. The number of ether oxygens (including phenoxy) is 1. The molecule has 3 rings (SSSR count). The van der Waals surface area contributed by atoms with Gasteiger partial charge in [-0.3, -0.25) is 4.21 Å². The molecule has 1 aromatic heterocycles. The molecular formula is C22H25NO3S. The monoisotopic (exact) mass is 383 g/mol. The second-order valence-electron chi connectivity index (χ2n) is 7.58. The molecule has 5 heteroatoms. The van der Waals surface area contributed by atoms with Crippen molar-refractivity contribution in [3.05, 3.63) is 71.5 Å². The third-order valence-electron chi connectivity index (χ3n) is 4.40. The van der Waals surface area contributed by atoms with Gasteiger partial charge in [0.15, 0.2) is 0 Å². The SMILES string of the molecule is COc1ccc(-c2cc(C[S@@](=O)Cc3ccc(C(C)(C)C)cc3)on2)cc1. The minimum atomic E-state index is -1.05. The number of aromatic nitrogens is 1. The van der Waals surface area contributed by atoms with Gasteiger partial charge in [0.05, 0.1) is 12.9 Å². The van der Waals surface area contributed by atoms with Crippen molar-refractivity contribution in [2.45, 2.75) is 37.7 Å². The summed E-state index contributed by atoms with van der Waals surface area (Å²) < 4.78 is 23.0. The van der Waals surface area contributed by atoms with Gasteiger partial charge in [-0.2, -0.15) is 0 Å². The molecule has 0 saturated heterocycles. The number of hydrogen-bond donors (Lipinski definition) is 0. The van der Waals surface area contributed by atoms with Crippen LogP contribution in [-0.2, 0) is 27.7 Å². The molecule has 0 fully saturated rings. The molecule has 1 atom stereocenters. The van der Waals surface area contributed by atoms with E-state index in [1.54, 1.807) is 7.11 Å². The lowest BCUT2D eigenvalue weighted by Crippen LogP contribution is -2.10. The summed E-state index contributed by atoms with van der Waals surface area (Å²) in [5.41, 5.74) is 4.14. The van der Waals surface area contributed by atoms with Crippen LogP contribution in [0.5, 0.6) is 5.75 Å². The third kappa shape index (κ3) is 5.07. The van der Waals surface area contributed by atoms with Gasteiger partial charge in [0.2, 0.25) is 0 Å². The molecular weight excluding hydrogens is 358 g/mol. The van der Waals surface area contributed by atoms with Crippen LogP contribution in [0.4, 0.5) is 0 Å². The molecule has 0 radical (unpaired) electrons. The summed E-state index contributed by atoms with van der Waals surface area (Å²) in [4.78, 5) is 0. The van der Waals surface area contributed by atoms with Gasteiger partial charge in [0.25, 0.3) is 0 Å². The highest BCUT2D eigenvalue weighted by Crippen LogP contribution is 2.24. The predicted octanol–water partition coefficient (Wildman–Crippen LogP) is 5.10. The van der Waals surface area contributed by atoms with Crippen molar-refractivity contribution < 1.29 is 13.5 Å². The van der Waals surface area contributed by atoms with Gasteiger partial charge in [-0.1, -0.05) is 50.2 Å². The average molecular weight is 384 g/mol. The standard InChI is InChI=1S/C22H25NO3S/c1-22(2,3)18-9-5-16(6-10-18)14-27(24)15-20-13-21(23-26-20)17-7-11-19(25-4)12-8-17/h5-13H,14-15H2,1-4H3/t27-/m0/s1. The Hall–Kier alpha value is -2.40. The summed E-state index contributed by atoms with van der Waals surface area (Å²) >= 11 is 0. The maximum atomic E-state index is 12.5. The van der Waals surface area contributed by atoms with Crippen LogP contribution < -0.4 is 4.74 Å². The molecule has 0 aliphatic heterocycles. The Morgan fingerprint density at radius 3 is 2.26 bits per heavy atom. The Balaban J connectivity index is 1.62. The van der Waals surface area contributed by atoms with E-state index in [4.69, 9.17) is 9.26 Å². The van der Waals surface area contributed by atoms with E-state index in [1.807, 2.05) is 30.3 Å². The van der Waals surface area contributed by atoms with E-state index in [9.17, 15) is 4.21 Å². The van der Waals surface area contributed by atoms with E-state index < -0.39 is 10.8 Å². The van der Waals surface area contributed by atoms with E-state index in [-0.39, 0.29) is 5.41 Å². The van der Waals surface area contributed by atoms with Crippen LogP contribution in [0.15, 0.2) is 59.1 Å². The van der Waals surface area contributed by atoms with Crippen LogP contribution in [0.3, 0.4) is 0 Å². The number of nitrogens with zero attached hydrogens (tertiary/aromatic N) is 1. The first-order chi connectivity index (χ1) is 12.8. The quantitative estimate of drug-likeness (QED) is 0.594. The second kappa shape index (κ2) is 8.09. The molecule has 0 unspecified atom stereocenters. The highest BCUT2D eigenvalue weighted by atomic mass is 32.2. The Morgan fingerprint density at radius 2 is 1.67 bits per heavy atom. The molecule has 142 valence electrons. The zero-order valence-corrected chi connectivity index (χ0v) is 17.0. The molecule has 1 heterocycles. The molecule has 2 aromatic carbocycles. The minimum absolute atomic E-state index is 0.120. The molecule has 0 aliphatic rings. The van der Waals surface area contributed by atoms with Gasteiger partial charge < -0.3 is 9.26 Å². The van der Waals surface area contributed by atoms with Crippen LogP contribution >= 0.6 is 0 Å². The second-order valence-corrected chi connectivity index (χ2v) is 9.04. The molecule has 3 aromatic rings. The van der Waals surface area contributed by atoms with Gasteiger partial charge in [-0.15, -0.1) is 0 Å². The summed E-state index contributed by atoms with van der Waals surface area (Å²) in [6.45, 7) is 6.55. The molecule has 0 N–H and O–H groups in total. The minimum Gasteiger partial charge on any atom is -0.497 e. The topological polar surface area (TPSA) is 52.3 Å². The van der Waals surface area contributed by atoms with Gasteiger partial charge >= 0.3 is 0 Å². The predicted molar refractivity (Wildman–Crippen MR) is 109 cm³/mol. The maximum Gasteiger partial charge on any atom is 0.149 e. The molecule has 0 bridgehead atoms. The van der Waals surface area contributed by atoms with Crippen molar-refractivity contribution in [2.75, 3.05) is 7.11 Å². The highest BCUT2D eigenvalue weighted by molar-refractivity contribution is 7.83. The number of methoxy groups -OCH3 is 1. The first-order valence-corrected chi connectivity index (χ1v) is 10.4. The lowest BCUT2D eigenvalue weighted by atomic mass is 9.87. The number of rotatable bonds is 6. The Bertz CT molecular complexity index is 906. The first kappa shape index (κ1) is 19.4. The van der Waals surface area contributed by atoms with Gasteiger partial charge in [-0.25, -0.2) is 0 Å². The van der Waals surface area contributed by atoms with Crippen molar-refractivity contribution in [1.29, 1.82) is 0 Å². The normalized spacial score (nSPS) is 12.7. The fraction of sp³-hybridized carbons (Fsp3) is 0.318. The van der Waals surface area contributed by atoms with Crippen molar-refractivity contribution in [1.82, 2.24) is 5.16 Å². The fourth-order valence-electron chi connectivity index (χ4n) is 2.78. The smallest absolute Gasteiger partial charge is 0.149 e. The molecule has 0 spiro atoms. The van der Waals surface area contributed by atoms with Crippen LogP contribution in [0, 0.1) is 0 Å². The van der Waals surface area contributed by atoms with Crippen LogP contribution in [0.2, 0.25) is 0 Å². The molecule has 0 amide bonds. The molecule has 0 aliphatic carbocycles. The van der Waals surface area contributed by atoms with Gasteiger partial charge in [-0.05, 0) is 40.8 Å². The summed E-state index contributed by atoms with van der Waals surface area (Å²) in [5, 5.41) is 4.09. The Labute approximate surface area is 163 Å². The van der Waals surface area contributed by atoms with Crippen molar-refractivity contribution in [3.63, 3.8) is 0 Å². The van der Waals surface area contributed by atoms with E-state index >= 15 is 0 Å². The summed E-state index contributed by atoms with van der Waals surface area (Å²) in [7, 11) is 0.582. The zero-order chi connectivity index (χ0) is 19.4. The van der Waals surface area contributed by atoms with Gasteiger partial charge in [0, 0.05) is 28.2 Å². The first-order valence-electron chi connectivity index (χ1n) is 8.89. The largest absolute Gasteiger partial charge is 0.497 e. The van der Waals surface area contributed by atoms with E-state index in [0.717, 1.165) is 22.6 Å². The molecule has 0 saturated carbocycles. The Kier molecular flexibility index (Phi) is 5.80. The number of benzene rings is 2. The van der Waals surface area contributed by atoms with E-state index in [1.165, 1.54) is 5.56 Å². The molecule has 27 heavy (non-hydrogen) atoms.